The van der Waals surface area contributed by atoms with Gasteiger partial charge in [-0.1, -0.05) is 13.0 Å². The Balaban J connectivity index is 2.71. The number of hydrogen-bond donors (Lipinski definition) is 0. The molecule has 0 radical (unpaired) electrons. The zero-order valence-corrected chi connectivity index (χ0v) is 17.0. The summed E-state index contributed by atoms with van der Waals surface area (Å²) < 4.78 is 43.0. The zero-order valence-electron chi connectivity index (χ0n) is 17.0. The van der Waals surface area contributed by atoms with Crippen LogP contribution in [0.1, 0.15) is 47.5 Å². The zero-order chi connectivity index (χ0) is 21.5. The summed E-state index contributed by atoms with van der Waals surface area (Å²) in [4.78, 5) is 24.2. The van der Waals surface area contributed by atoms with Crippen molar-refractivity contribution in [3.8, 4) is 5.75 Å². The number of ether oxygens (including phenoxy) is 3. The van der Waals surface area contributed by atoms with Crippen LogP contribution in [0.2, 0.25) is 0 Å². The summed E-state index contributed by atoms with van der Waals surface area (Å²) in [6.45, 7) is 12.0. The lowest BCUT2D eigenvalue weighted by Gasteiger charge is -2.26. The molecule has 3 atom stereocenters. The van der Waals surface area contributed by atoms with E-state index in [-0.39, 0.29) is 18.6 Å². The predicted molar refractivity (Wildman–Crippen MR) is 101 cm³/mol. The molecule has 0 aliphatic rings. The van der Waals surface area contributed by atoms with Crippen LogP contribution in [-0.4, -0.2) is 29.7 Å². The van der Waals surface area contributed by atoms with Gasteiger partial charge in [-0.15, -0.1) is 6.58 Å². The number of esters is 2. The average molecular weight is 398 g/mol. The van der Waals surface area contributed by atoms with Gasteiger partial charge in [0.25, 0.3) is 0 Å². The monoisotopic (exact) mass is 398 g/mol. The van der Waals surface area contributed by atoms with Crippen molar-refractivity contribution < 1.29 is 32.6 Å². The smallest absolute Gasteiger partial charge is 0.309 e. The van der Waals surface area contributed by atoms with Crippen LogP contribution in [0.4, 0.5) is 8.78 Å². The summed E-state index contributed by atoms with van der Waals surface area (Å²) in [7, 11) is 0. The third kappa shape index (κ3) is 8.06. The fourth-order valence-electron chi connectivity index (χ4n) is 2.33. The predicted octanol–water partition coefficient (Wildman–Crippen LogP) is 4.59. The maximum Gasteiger partial charge on any atom is 0.309 e. The fraction of sp³-hybridized carbons (Fsp3) is 0.524. The van der Waals surface area contributed by atoms with E-state index in [1.807, 2.05) is 0 Å². The number of rotatable bonds is 9. The molecule has 1 aromatic rings. The van der Waals surface area contributed by atoms with Crippen LogP contribution in [0.3, 0.4) is 0 Å². The maximum atomic E-state index is 13.8. The van der Waals surface area contributed by atoms with Crippen molar-refractivity contribution in [3.05, 3.63) is 42.5 Å². The third-order valence-electron chi connectivity index (χ3n) is 3.69. The number of benzene rings is 1. The van der Waals surface area contributed by atoms with E-state index in [2.05, 4.69) is 6.58 Å². The van der Waals surface area contributed by atoms with Crippen LogP contribution in [0.5, 0.6) is 5.75 Å². The molecule has 0 heterocycles. The molecule has 0 unspecified atom stereocenters. The molecule has 0 spiro atoms. The first-order valence-electron chi connectivity index (χ1n) is 9.08. The molecular formula is C21H28F2O5. The van der Waals surface area contributed by atoms with E-state index in [9.17, 15) is 18.4 Å². The number of carbonyl (C=O) groups excluding carboxylic acids is 2. The topological polar surface area (TPSA) is 61.8 Å². The molecule has 1 rings (SSSR count). The number of hydrogen-bond acceptors (Lipinski definition) is 5. The minimum Gasteiger partial charge on any atom is -0.483 e. The van der Waals surface area contributed by atoms with Gasteiger partial charge >= 0.3 is 11.9 Å². The van der Waals surface area contributed by atoms with Gasteiger partial charge in [0, 0.05) is 12.5 Å². The lowest BCUT2D eigenvalue weighted by atomic mass is 10.1. The molecule has 156 valence electrons. The minimum absolute atomic E-state index is 0.123. The number of halogens is 2. The van der Waals surface area contributed by atoms with Crippen LogP contribution in [-0.2, 0) is 19.1 Å². The van der Waals surface area contributed by atoms with Gasteiger partial charge in [-0.3, -0.25) is 9.59 Å². The molecule has 0 aliphatic heterocycles. The van der Waals surface area contributed by atoms with Crippen molar-refractivity contribution in [3.63, 3.8) is 0 Å². The summed E-state index contributed by atoms with van der Waals surface area (Å²) in [5.41, 5.74) is -0.643. The third-order valence-corrected chi connectivity index (χ3v) is 3.69. The average Bonchev–Trinajstić information content (AvgIpc) is 2.54. The second kappa shape index (κ2) is 10.2. The first-order chi connectivity index (χ1) is 12.9. The van der Waals surface area contributed by atoms with Crippen molar-refractivity contribution in [2.45, 2.75) is 65.3 Å². The van der Waals surface area contributed by atoms with E-state index >= 15 is 0 Å². The van der Waals surface area contributed by atoms with E-state index in [1.54, 1.807) is 40.7 Å². The molecular weight excluding hydrogens is 370 g/mol. The molecule has 0 aromatic heterocycles. The van der Waals surface area contributed by atoms with E-state index < -0.39 is 47.3 Å². The minimum atomic E-state index is -0.856. The van der Waals surface area contributed by atoms with Crippen molar-refractivity contribution >= 4 is 11.9 Å². The normalized spacial score (nSPS) is 14.5. The van der Waals surface area contributed by atoms with Gasteiger partial charge in [0.05, 0.1) is 12.3 Å². The molecule has 0 fully saturated rings. The van der Waals surface area contributed by atoms with Crippen molar-refractivity contribution in [2.24, 2.45) is 5.92 Å². The molecule has 0 amide bonds. The molecule has 0 N–H and O–H groups in total. The van der Waals surface area contributed by atoms with Crippen molar-refractivity contribution in [1.82, 2.24) is 0 Å². The molecule has 0 saturated carbocycles. The maximum absolute atomic E-state index is 13.8. The van der Waals surface area contributed by atoms with Gasteiger partial charge in [-0.25, -0.2) is 8.78 Å². The van der Waals surface area contributed by atoms with Gasteiger partial charge in [-0.05, 0) is 39.8 Å². The molecule has 28 heavy (non-hydrogen) atoms. The van der Waals surface area contributed by atoms with Crippen LogP contribution in [0.15, 0.2) is 30.9 Å². The lowest BCUT2D eigenvalue weighted by Crippen LogP contribution is -2.35. The first-order valence-corrected chi connectivity index (χ1v) is 9.08. The quantitative estimate of drug-likeness (QED) is 0.450. The van der Waals surface area contributed by atoms with Crippen LogP contribution >= 0.6 is 0 Å². The Hall–Kier alpha value is -2.44. The van der Waals surface area contributed by atoms with Crippen LogP contribution in [0.25, 0.3) is 0 Å². The van der Waals surface area contributed by atoms with E-state index in [0.29, 0.717) is 6.07 Å². The SMILES string of the molecule is C=CC[C@@H](Oc1ccc(F)cc1F)[C@H](C)OC(=O)[C@H](C)CC(=O)OC(C)(C)C. The summed E-state index contributed by atoms with van der Waals surface area (Å²) >= 11 is 0. The van der Waals surface area contributed by atoms with Crippen LogP contribution < -0.4 is 4.74 Å². The van der Waals surface area contributed by atoms with E-state index in [4.69, 9.17) is 14.2 Å². The molecule has 0 aliphatic carbocycles. The Labute approximate surface area is 164 Å². The highest BCUT2D eigenvalue weighted by Gasteiger charge is 2.28. The molecule has 0 bridgehead atoms. The Bertz CT molecular complexity index is 697. The van der Waals surface area contributed by atoms with Gasteiger partial charge < -0.3 is 14.2 Å². The van der Waals surface area contributed by atoms with Gasteiger partial charge in [-0.2, -0.15) is 0 Å². The van der Waals surface area contributed by atoms with Crippen LogP contribution in [0, 0.1) is 17.6 Å². The van der Waals surface area contributed by atoms with Crippen molar-refractivity contribution in [1.29, 1.82) is 0 Å². The van der Waals surface area contributed by atoms with Crippen molar-refractivity contribution in [2.75, 3.05) is 0 Å². The summed E-state index contributed by atoms with van der Waals surface area (Å²) in [6, 6.07) is 2.95. The second-order valence-corrected chi connectivity index (χ2v) is 7.59. The first kappa shape index (κ1) is 23.6. The number of carbonyl (C=O) groups is 2. The standard InChI is InChI=1S/C21H28F2O5/c1-7-8-17(27-18-10-9-15(22)12-16(18)23)14(3)26-20(25)13(2)11-19(24)28-21(4,5)6/h7,9-10,12-14,17H,1,8,11H2,2-6H3/t13-,14+,17-/m1/s1. The Morgan fingerprint density at radius 2 is 1.86 bits per heavy atom. The van der Waals surface area contributed by atoms with Gasteiger partial charge in [0.15, 0.2) is 11.6 Å². The summed E-state index contributed by atoms with van der Waals surface area (Å²) in [5.74, 6) is -3.55. The highest BCUT2D eigenvalue weighted by Crippen LogP contribution is 2.22. The van der Waals surface area contributed by atoms with Gasteiger partial charge in [0.2, 0.25) is 0 Å². The highest BCUT2D eigenvalue weighted by atomic mass is 19.1. The summed E-state index contributed by atoms with van der Waals surface area (Å²) in [6.07, 6.45) is 0.209. The van der Waals surface area contributed by atoms with Gasteiger partial charge in [0.1, 0.15) is 23.6 Å². The Kier molecular flexibility index (Phi) is 8.60. The Morgan fingerprint density at radius 3 is 2.39 bits per heavy atom. The molecule has 7 heteroatoms. The fourth-order valence-corrected chi connectivity index (χ4v) is 2.33. The molecule has 0 saturated heterocycles. The second-order valence-electron chi connectivity index (χ2n) is 7.59. The van der Waals surface area contributed by atoms with E-state index in [0.717, 1.165) is 6.07 Å². The molecule has 5 nitrogen and oxygen atoms in total. The highest BCUT2D eigenvalue weighted by molar-refractivity contribution is 5.79. The summed E-state index contributed by atoms with van der Waals surface area (Å²) in [5, 5.41) is 0. The lowest BCUT2D eigenvalue weighted by molar-refractivity contribution is -0.165. The largest absolute Gasteiger partial charge is 0.483 e. The van der Waals surface area contributed by atoms with E-state index in [1.165, 1.54) is 6.07 Å². The Morgan fingerprint density at radius 1 is 1.21 bits per heavy atom. The molecule has 1 aromatic carbocycles.